The highest BCUT2D eigenvalue weighted by atomic mass is 16.2. The number of amides is 2. The maximum absolute atomic E-state index is 12.3. The summed E-state index contributed by atoms with van der Waals surface area (Å²) in [5.41, 5.74) is 7.40. The van der Waals surface area contributed by atoms with Gasteiger partial charge in [0, 0.05) is 6.42 Å². The second kappa shape index (κ2) is 7.62. The van der Waals surface area contributed by atoms with Gasteiger partial charge in [-0.1, -0.05) is 72.8 Å². The third kappa shape index (κ3) is 4.23. The van der Waals surface area contributed by atoms with E-state index in [0.717, 1.165) is 21.9 Å². The lowest BCUT2D eigenvalue weighted by molar-refractivity contribution is -0.126. The van der Waals surface area contributed by atoms with Crippen molar-refractivity contribution in [2.24, 2.45) is 5.73 Å². The van der Waals surface area contributed by atoms with E-state index in [-0.39, 0.29) is 12.3 Å². The number of primary amides is 1. The lowest BCUT2D eigenvalue weighted by atomic mass is 9.98. The van der Waals surface area contributed by atoms with Crippen LogP contribution in [0.5, 0.6) is 0 Å². The minimum absolute atomic E-state index is 0.213. The summed E-state index contributed by atoms with van der Waals surface area (Å²) in [5.74, 6) is -0.746. The van der Waals surface area contributed by atoms with Gasteiger partial charge in [0.25, 0.3) is 0 Å². The van der Waals surface area contributed by atoms with Crippen molar-refractivity contribution < 1.29 is 9.59 Å². The van der Waals surface area contributed by atoms with Crippen LogP contribution >= 0.6 is 0 Å². The van der Waals surface area contributed by atoms with Crippen LogP contribution in [0.2, 0.25) is 0 Å². The van der Waals surface area contributed by atoms with E-state index in [1.807, 2.05) is 72.8 Å². The van der Waals surface area contributed by atoms with E-state index in [4.69, 9.17) is 5.73 Å². The Balaban J connectivity index is 1.75. The molecule has 4 nitrogen and oxygen atoms in total. The van der Waals surface area contributed by atoms with Gasteiger partial charge < -0.3 is 11.1 Å². The van der Waals surface area contributed by atoms with Crippen LogP contribution in [0.25, 0.3) is 10.8 Å². The van der Waals surface area contributed by atoms with E-state index in [1.54, 1.807) is 0 Å². The summed E-state index contributed by atoms with van der Waals surface area (Å²) in [5, 5.41) is 4.92. The number of hydrogen-bond donors (Lipinski definition) is 2. The zero-order valence-electron chi connectivity index (χ0n) is 13.8. The van der Waals surface area contributed by atoms with Gasteiger partial charge in [-0.25, -0.2) is 0 Å². The molecule has 3 rings (SSSR count). The van der Waals surface area contributed by atoms with Crippen LogP contribution in [0.4, 0.5) is 0 Å². The fourth-order valence-corrected chi connectivity index (χ4v) is 2.94. The molecule has 3 aromatic carbocycles. The average Bonchev–Trinajstić information content (AvgIpc) is 2.62. The molecule has 0 saturated heterocycles. The van der Waals surface area contributed by atoms with E-state index in [0.29, 0.717) is 6.42 Å². The SMILES string of the molecule is NC(=O)[C@H](Cc1cccc2ccccc12)NC(=O)Cc1ccccc1. The highest BCUT2D eigenvalue weighted by Gasteiger charge is 2.19. The van der Waals surface area contributed by atoms with Gasteiger partial charge in [-0.05, 0) is 21.9 Å². The molecule has 0 bridgehead atoms. The number of nitrogens with one attached hydrogen (secondary N) is 1. The molecule has 0 aliphatic heterocycles. The van der Waals surface area contributed by atoms with Crippen molar-refractivity contribution in [1.82, 2.24) is 5.32 Å². The maximum Gasteiger partial charge on any atom is 0.240 e. The number of benzene rings is 3. The third-order valence-corrected chi connectivity index (χ3v) is 4.19. The quantitative estimate of drug-likeness (QED) is 0.728. The molecule has 0 unspecified atom stereocenters. The van der Waals surface area contributed by atoms with Crippen molar-refractivity contribution in [2.75, 3.05) is 0 Å². The van der Waals surface area contributed by atoms with Gasteiger partial charge in [0.1, 0.15) is 6.04 Å². The van der Waals surface area contributed by atoms with Gasteiger partial charge in [-0.15, -0.1) is 0 Å². The van der Waals surface area contributed by atoms with E-state index >= 15 is 0 Å². The first-order chi connectivity index (χ1) is 12.1. The second-order valence-electron chi connectivity index (χ2n) is 6.03. The molecule has 0 saturated carbocycles. The number of carbonyl (C=O) groups excluding carboxylic acids is 2. The molecule has 25 heavy (non-hydrogen) atoms. The fraction of sp³-hybridized carbons (Fsp3) is 0.143. The van der Waals surface area contributed by atoms with E-state index < -0.39 is 11.9 Å². The molecule has 4 heteroatoms. The first-order valence-electron chi connectivity index (χ1n) is 8.23. The van der Waals surface area contributed by atoms with Crippen molar-refractivity contribution in [1.29, 1.82) is 0 Å². The van der Waals surface area contributed by atoms with Gasteiger partial charge in [0.05, 0.1) is 6.42 Å². The number of hydrogen-bond acceptors (Lipinski definition) is 2. The molecular formula is C21H20N2O2. The third-order valence-electron chi connectivity index (χ3n) is 4.19. The van der Waals surface area contributed by atoms with E-state index in [1.165, 1.54) is 0 Å². The van der Waals surface area contributed by atoms with Crippen LogP contribution in [0, 0.1) is 0 Å². The van der Waals surface area contributed by atoms with Gasteiger partial charge in [0.2, 0.25) is 11.8 Å². The summed E-state index contributed by atoms with van der Waals surface area (Å²) in [7, 11) is 0. The van der Waals surface area contributed by atoms with Crippen molar-refractivity contribution in [3.63, 3.8) is 0 Å². The molecule has 0 spiro atoms. The summed E-state index contributed by atoms with van der Waals surface area (Å²) < 4.78 is 0. The Morgan fingerprint density at radius 2 is 1.56 bits per heavy atom. The standard InChI is InChI=1S/C21H20N2O2/c22-21(25)19(23-20(24)13-15-7-2-1-3-8-15)14-17-11-6-10-16-9-4-5-12-18(16)17/h1-12,19H,13-14H2,(H2,22,25)(H,23,24)/t19-/m0/s1. The summed E-state index contributed by atoms with van der Waals surface area (Å²) in [6, 6.07) is 22.6. The fourth-order valence-electron chi connectivity index (χ4n) is 2.94. The van der Waals surface area contributed by atoms with Gasteiger partial charge >= 0.3 is 0 Å². The van der Waals surface area contributed by atoms with Crippen LogP contribution in [0.1, 0.15) is 11.1 Å². The zero-order chi connectivity index (χ0) is 17.6. The molecule has 0 aromatic heterocycles. The van der Waals surface area contributed by atoms with Crippen molar-refractivity contribution in [3.8, 4) is 0 Å². The number of nitrogens with two attached hydrogens (primary N) is 1. The predicted molar refractivity (Wildman–Crippen MR) is 98.9 cm³/mol. The Morgan fingerprint density at radius 3 is 2.32 bits per heavy atom. The molecule has 2 amide bonds. The highest BCUT2D eigenvalue weighted by Crippen LogP contribution is 2.19. The lowest BCUT2D eigenvalue weighted by Gasteiger charge is -2.17. The minimum Gasteiger partial charge on any atom is -0.368 e. The molecule has 126 valence electrons. The smallest absolute Gasteiger partial charge is 0.240 e. The second-order valence-corrected chi connectivity index (χ2v) is 6.03. The summed E-state index contributed by atoms with van der Waals surface area (Å²) >= 11 is 0. The summed E-state index contributed by atoms with van der Waals surface area (Å²) in [6.45, 7) is 0. The molecule has 3 aromatic rings. The van der Waals surface area contributed by atoms with Crippen molar-refractivity contribution >= 4 is 22.6 Å². The molecule has 0 heterocycles. The molecule has 0 fully saturated rings. The van der Waals surface area contributed by atoms with Crippen LogP contribution in [0.3, 0.4) is 0 Å². The molecule has 1 atom stereocenters. The largest absolute Gasteiger partial charge is 0.368 e. The topological polar surface area (TPSA) is 72.2 Å². The first kappa shape index (κ1) is 16.7. The predicted octanol–water partition coefficient (Wildman–Crippen LogP) is 2.60. The van der Waals surface area contributed by atoms with E-state index in [2.05, 4.69) is 5.32 Å². The molecule has 0 aliphatic carbocycles. The Morgan fingerprint density at radius 1 is 0.880 bits per heavy atom. The zero-order valence-corrected chi connectivity index (χ0v) is 13.8. The van der Waals surface area contributed by atoms with Crippen LogP contribution in [-0.2, 0) is 22.4 Å². The van der Waals surface area contributed by atoms with Crippen LogP contribution in [0.15, 0.2) is 72.8 Å². The molecule has 0 aliphatic rings. The van der Waals surface area contributed by atoms with Crippen LogP contribution in [-0.4, -0.2) is 17.9 Å². The highest BCUT2D eigenvalue weighted by molar-refractivity contribution is 5.90. The van der Waals surface area contributed by atoms with E-state index in [9.17, 15) is 9.59 Å². The summed E-state index contributed by atoms with van der Waals surface area (Å²) in [4.78, 5) is 24.1. The summed E-state index contributed by atoms with van der Waals surface area (Å²) in [6.07, 6.45) is 0.595. The number of carbonyl (C=O) groups is 2. The van der Waals surface area contributed by atoms with Crippen LogP contribution < -0.4 is 11.1 Å². The molecule has 0 radical (unpaired) electrons. The lowest BCUT2D eigenvalue weighted by Crippen LogP contribution is -2.46. The van der Waals surface area contributed by atoms with Gasteiger partial charge in [-0.3, -0.25) is 9.59 Å². The first-order valence-corrected chi connectivity index (χ1v) is 8.23. The number of fused-ring (bicyclic) bond motifs is 1. The minimum atomic E-state index is -0.734. The Bertz CT molecular complexity index is 885. The molecule has 3 N–H and O–H groups in total. The van der Waals surface area contributed by atoms with Crippen molar-refractivity contribution in [2.45, 2.75) is 18.9 Å². The Kier molecular flexibility index (Phi) is 5.09. The Hall–Kier alpha value is -3.14. The van der Waals surface area contributed by atoms with Crippen molar-refractivity contribution in [3.05, 3.63) is 83.9 Å². The monoisotopic (exact) mass is 332 g/mol. The maximum atomic E-state index is 12.3. The van der Waals surface area contributed by atoms with Gasteiger partial charge in [0.15, 0.2) is 0 Å². The van der Waals surface area contributed by atoms with Gasteiger partial charge in [-0.2, -0.15) is 0 Å². The average molecular weight is 332 g/mol. The molecular weight excluding hydrogens is 312 g/mol. The normalized spacial score (nSPS) is 11.8. The number of rotatable bonds is 6. The Labute approximate surface area is 146 Å².